The first-order valence-electron chi connectivity index (χ1n) is 7.31. The summed E-state index contributed by atoms with van der Waals surface area (Å²) >= 11 is 1.74. The number of rotatable bonds is 6. The highest BCUT2D eigenvalue weighted by atomic mass is 32.2. The molecule has 0 bridgehead atoms. The molecule has 1 aliphatic heterocycles. The number of nitrogens with two attached hydrogens (primary N) is 1. The minimum Gasteiger partial charge on any atom is -0.493 e. The Hall–Kier alpha value is -1.53. The van der Waals surface area contributed by atoms with Crippen molar-refractivity contribution in [3.05, 3.63) is 35.2 Å². The molecule has 2 heterocycles. The van der Waals surface area contributed by atoms with Crippen molar-refractivity contribution in [3.63, 3.8) is 0 Å². The van der Waals surface area contributed by atoms with Crippen LogP contribution in [0.3, 0.4) is 0 Å². The van der Waals surface area contributed by atoms with Crippen molar-refractivity contribution in [2.24, 2.45) is 5.73 Å². The lowest BCUT2D eigenvalue weighted by molar-refractivity contribution is 0.357. The van der Waals surface area contributed by atoms with Crippen LogP contribution in [0.25, 0.3) is 0 Å². The summed E-state index contributed by atoms with van der Waals surface area (Å²) in [5.74, 6) is 2.89. The van der Waals surface area contributed by atoms with Crippen LogP contribution in [-0.4, -0.2) is 27.1 Å². The van der Waals surface area contributed by atoms with Gasteiger partial charge >= 0.3 is 0 Å². The van der Waals surface area contributed by atoms with E-state index in [-0.39, 0.29) is 0 Å². The zero-order chi connectivity index (χ0) is 14.7. The first-order chi connectivity index (χ1) is 10.3. The van der Waals surface area contributed by atoms with E-state index >= 15 is 0 Å². The molecule has 0 saturated heterocycles. The molecule has 0 unspecified atom stereocenters. The SMILES string of the molecule is CCn1c(CN)nnc1SCCc1ccc2c(c1)CCO2. The molecule has 3 rings (SSSR count). The summed E-state index contributed by atoms with van der Waals surface area (Å²) in [4.78, 5) is 0. The molecule has 2 aromatic rings. The van der Waals surface area contributed by atoms with Crippen LogP contribution in [0.1, 0.15) is 23.9 Å². The molecule has 0 aliphatic carbocycles. The number of aryl methyl sites for hydroxylation is 1. The minimum absolute atomic E-state index is 0.437. The Bertz CT molecular complexity index is 626. The second-order valence-corrected chi connectivity index (χ2v) is 6.05. The maximum absolute atomic E-state index is 5.67. The highest BCUT2D eigenvalue weighted by Crippen LogP contribution is 2.27. The Morgan fingerprint density at radius 3 is 3.10 bits per heavy atom. The van der Waals surface area contributed by atoms with E-state index in [4.69, 9.17) is 10.5 Å². The fourth-order valence-electron chi connectivity index (χ4n) is 2.55. The highest BCUT2D eigenvalue weighted by molar-refractivity contribution is 7.99. The maximum atomic E-state index is 5.67. The van der Waals surface area contributed by atoms with Gasteiger partial charge in [0.15, 0.2) is 5.16 Å². The summed E-state index contributed by atoms with van der Waals surface area (Å²) in [5.41, 5.74) is 8.35. The largest absolute Gasteiger partial charge is 0.493 e. The predicted octanol–water partition coefficient (Wildman–Crippen LogP) is 2.03. The van der Waals surface area contributed by atoms with Crippen molar-refractivity contribution < 1.29 is 4.74 Å². The molecule has 0 saturated carbocycles. The Kier molecular flexibility index (Phi) is 4.45. The van der Waals surface area contributed by atoms with E-state index in [1.165, 1.54) is 11.1 Å². The summed E-state index contributed by atoms with van der Waals surface area (Å²) in [5, 5.41) is 9.31. The molecule has 21 heavy (non-hydrogen) atoms. The van der Waals surface area contributed by atoms with Crippen molar-refractivity contribution in [2.75, 3.05) is 12.4 Å². The van der Waals surface area contributed by atoms with Crippen molar-refractivity contribution >= 4 is 11.8 Å². The summed E-state index contributed by atoms with van der Waals surface area (Å²) < 4.78 is 7.62. The van der Waals surface area contributed by atoms with Crippen LogP contribution in [0.15, 0.2) is 23.4 Å². The Labute approximate surface area is 128 Å². The molecule has 0 spiro atoms. The molecule has 0 fully saturated rings. The minimum atomic E-state index is 0.437. The molecule has 2 N–H and O–H groups in total. The second kappa shape index (κ2) is 6.49. The number of ether oxygens (including phenoxy) is 1. The number of fused-ring (bicyclic) bond motifs is 1. The van der Waals surface area contributed by atoms with E-state index in [1.807, 2.05) is 0 Å². The van der Waals surface area contributed by atoms with Gasteiger partial charge in [-0.25, -0.2) is 0 Å². The van der Waals surface area contributed by atoms with Gasteiger partial charge in [0.25, 0.3) is 0 Å². The molecule has 0 atom stereocenters. The zero-order valence-corrected chi connectivity index (χ0v) is 13.0. The summed E-state index contributed by atoms with van der Waals surface area (Å²) in [6, 6.07) is 6.50. The van der Waals surface area contributed by atoms with E-state index in [2.05, 4.69) is 39.9 Å². The average molecular weight is 304 g/mol. The van der Waals surface area contributed by atoms with Gasteiger partial charge in [-0.05, 0) is 30.5 Å². The maximum Gasteiger partial charge on any atom is 0.191 e. The van der Waals surface area contributed by atoms with Gasteiger partial charge in [0, 0.05) is 18.7 Å². The van der Waals surface area contributed by atoms with Crippen LogP contribution >= 0.6 is 11.8 Å². The van der Waals surface area contributed by atoms with Gasteiger partial charge in [0.1, 0.15) is 11.6 Å². The van der Waals surface area contributed by atoms with Gasteiger partial charge in [0.05, 0.1) is 13.2 Å². The number of thioether (sulfide) groups is 1. The third-order valence-electron chi connectivity index (χ3n) is 3.67. The van der Waals surface area contributed by atoms with E-state index in [9.17, 15) is 0 Å². The number of benzene rings is 1. The molecule has 0 radical (unpaired) electrons. The van der Waals surface area contributed by atoms with Crippen molar-refractivity contribution in [1.82, 2.24) is 14.8 Å². The lowest BCUT2D eigenvalue weighted by Crippen LogP contribution is -2.08. The van der Waals surface area contributed by atoms with Gasteiger partial charge in [-0.15, -0.1) is 10.2 Å². The summed E-state index contributed by atoms with van der Waals surface area (Å²) in [6.45, 7) is 4.20. The first kappa shape index (κ1) is 14.4. The van der Waals surface area contributed by atoms with E-state index in [1.54, 1.807) is 11.8 Å². The first-order valence-corrected chi connectivity index (χ1v) is 8.30. The molecule has 112 valence electrons. The normalized spacial score (nSPS) is 13.2. The zero-order valence-electron chi connectivity index (χ0n) is 12.2. The van der Waals surface area contributed by atoms with Gasteiger partial charge in [-0.1, -0.05) is 23.9 Å². The van der Waals surface area contributed by atoms with Crippen LogP contribution in [-0.2, 0) is 25.9 Å². The average Bonchev–Trinajstić information content (AvgIpc) is 3.12. The molecule has 1 aromatic carbocycles. The second-order valence-electron chi connectivity index (χ2n) is 4.99. The lowest BCUT2D eigenvalue weighted by Gasteiger charge is -2.06. The standard InChI is InChI=1S/C15H20N4OS/c1-2-19-14(10-16)17-18-15(19)21-8-6-11-3-4-13-12(9-11)5-7-20-13/h3-4,9H,2,5-8,10,16H2,1H3. The monoisotopic (exact) mass is 304 g/mol. The Morgan fingerprint density at radius 1 is 1.38 bits per heavy atom. The van der Waals surface area contributed by atoms with Gasteiger partial charge in [-0.3, -0.25) is 0 Å². The fraction of sp³-hybridized carbons (Fsp3) is 0.467. The van der Waals surface area contributed by atoms with Gasteiger partial charge in [0.2, 0.25) is 0 Å². The smallest absolute Gasteiger partial charge is 0.191 e. The fourth-order valence-corrected chi connectivity index (χ4v) is 3.56. The molecular weight excluding hydrogens is 284 g/mol. The Morgan fingerprint density at radius 2 is 2.29 bits per heavy atom. The lowest BCUT2D eigenvalue weighted by atomic mass is 10.1. The number of hydrogen-bond acceptors (Lipinski definition) is 5. The van der Waals surface area contributed by atoms with Crippen LogP contribution in [0.2, 0.25) is 0 Å². The highest BCUT2D eigenvalue weighted by Gasteiger charge is 2.13. The Balaban J connectivity index is 1.60. The number of aromatic nitrogens is 3. The van der Waals surface area contributed by atoms with Crippen molar-refractivity contribution in [2.45, 2.75) is 38.0 Å². The molecule has 1 aromatic heterocycles. The van der Waals surface area contributed by atoms with Crippen LogP contribution in [0, 0.1) is 0 Å². The molecule has 6 heteroatoms. The van der Waals surface area contributed by atoms with Gasteiger partial charge < -0.3 is 15.0 Å². The van der Waals surface area contributed by atoms with Gasteiger partial charge in [-0.2, -0.15) is 0 Å². The van der Waals surface area contributed by atoms with Crippen molar-refractivity contribution in [3.8, 4) is 5.75 Å². The van der Waals surface area contributed by atoms with Crippen molar-refractivity contribution in [1.29, 1.82) is 0 Å². The van der Waals surface area contributed by atoms with E-state index in [0.717, 1.165) is 48.5 Å². The number of nitrogens with zero attached hydrogens (tertiary/aromatic N) is 3. The summed E-state index contributed by atoms with van der Waals surface area (Å²) in [6.07, 6.45) is 2.05. The third-order valence-corrected chi connectivity index (χ3v) is 4.64. The molecule has 1 aliphatic rings. The summed E-state index contributed by atoms with van der Waals surface area (Å²) in [7, 11) is 0. The topological polar surface area (TPSA) is 66.0 Å². The predicted molar refractivity (Wildman–Crippen MR) is 83.7 cm³/mol. The molecular formula is C15H20N4OS. The van der Waals surface area contributed by atoms with E-state index in [0.29, 0.717) is 6.54 Å². The van der Waals surface area contributed by atoms with E-state index < -0.39 is 0 Å². The third kappa shape index (κ3) is 3.06. The number of hydrogen-bond donors (Lipinski definition) is 1. The van der Waals surface area contributed by atoms with Crippen LogP contribution in [0.5, 0.6) is 5.75 Å². The quantitative estimate of drug-likeness (QED) is 0.827. The molecule has 0 amide bonds. The molecule has 5 nitrogen and oxygen atoms in total. The van der Waals surface area contributed by atoms with Crippen LogP contribution < -0.4 is 10.5 Å². The van der Waals surface area contributed by atoms with Crippen LogP contribution in [0.4, 0.5) is 0 Å².